The van der Waals surface area contributed by atoms with Gasteiger partial charge in [-0.1, -0.05) is 0 Å². The Kier molecular flexibility index (Phi) is 5.12. The van der Waals surface area contributed by atoms with Crippen molar-refractivity contribution in [2.24, 2.45) is 5.73 Å². The van der Waals surface area contributed by atoms with Gasteiger partial charge in [-0.3, -0.25) is 0 Å². The van der Waals surface area contributed by atoms with E-state index in [4.69, 9.17) is 10.5 Å². The van der Waals surface area contributed by atoms with Crippen LogP contribution < -0.4 is 15.4 Å². The molecule has 3 heteroatoms. The molecule has 0 aliphatic carbocycles. The lowest BCUT2D eigenvalue weighted by Crippen LogP contribution is -2.25. The van der Waals surface area contributed by atoms with E-state index in [9.17, 15) is 0 Å². The quantitative estimate of drug-likeness (QED) is 0.802. The lowest BCUT2D eigenvalue weighted by molar-refractivity contribution is 0.340. The van der Waals surface area contributed by atoms with Gasteiger partial charge in [0, 0.05) is 25.3 Å². The van der Waals surface area contributed by atoms with Crippen LogP contribution in [0.3, 0.4) is 0 Å². The van der Waals surface area contributed by atoms with Crippen molar-refractivity contribution < 1.29 is 4.74 Å². The summed E-state index contributed by atoms with van der Waals surface area (Å²) in [6.07, 6.45) is 1.00. The Morgan fingerprint density at radius 1 is 1.31 bits per heavy atom. The number of anilines is 1. The number of nitrogens with two attached hydrogens (primary N) is 1. The van der Waals surface area contributed by atoms with Crippen LogP contribution in [-0.2, 0) is 0 Å². The highest BCUT2D eigenvalue weighted by molar-refractivity contribution is 5.48. The molecular formula is C13H22N2O. The van der Waals surface area contributed by atoms with Crippen LogP contribution in [0.15, 0.2) is 24.3 Å². The third-order valence-electron chi connectivity index (χ3n) is 2.51. The van der Waals surface area contributed by atoms with E-state index in [0.29, 0.717) is 6.61 Å². The molecule has 0 amide bonds. The summed E-state index contributed by atoms with van der Waals surface area (Å²) in [5.74, 6) is 0.923. The van der Waals surface area contributed by atoms with Gasteiger partial charge in [-0.2, -0.15) is 0 Å². The van der Waals surface area contributed by atoms with E-state index in [1.807, 2.05) is 26.0 Å². The van der Waals surface area contributed by atoms with E-state index < -0.39 is 0 Å². The van der Waals surface area contributed by atoms with Crippen molar-refractivity contribution in [1.82, 2.24) is 0 Å². The molecule has 2 N–H and O–H groups in total. The van der Waals surface area contributed by atoms with Gasteiger partial charge in [0.1, 0.15) is 5.75 Å². The molecule has 90 valence electrons. The van der Waals surface area contributed by atoms with Gasteiger partial charge in [0.05, 0.1) is 6.61 Å². The van der Waals surface area contributed by atoms with E-state index in [0.717, 1.165) is 18.7 Å². The van der Waals surface area contributed by atoms with E-state index in [1.165, 1.54) is 5.69 Å². The summed E-state index contributed by atoms with van der Waals surface area (Å²) in [6.45, 7) is 5.71. The molecule has 1 rings (SSSR count). The van der Waals surface area contributed by atoms with E-state index in [1.54, 1.807) is 0 Å². The van der Waals surface area contributed by atoms with Crippen molar-refractivity contribution in [2.45, 2.75) is 26.3 Å². The first kappa shape index (κ1) is 12.8. The monoisotopic (exact) mass is 222 g/mol. The molecule has 0 bridgehead atoms. The summed E-state index contributed by atoms with van der Waals surface area (Å²) in [4.78, 5) is 2.21. The van der Waals surface area contributed by atoms with Gasteiger partial charge in [-0.15, -0.1) is 0 Å². The zero-order valence-electron chi connectivity index (χ0n) is 10.4. The number of nitrogens with zero attached hydrogens (tertiary/aromatic N) is 1. The summed E-state index contributed by atoms with van der Waals surface area (Å²) >= 11 is 0. The highest BCUT2D eigenvalue weighted by Gasteiger charge is 2.02. The van der Waals surface area contributed by atoms with Crippen LogP contribution in [-0.4, -0.2) is 26.2 Å². The van der Waals surface area contributed by atoms with Crippen LogP contribution >= 0.6 is 0 Å². The Bertz CT molecular complexity index is 295. The molecule has 1 aromatic rings. The Balaban J connectivity index is 2.52. The molecule has 0 fully saturated rings. The largest absolute Gasteiger partial charge is 0.494 e. The molecule has 0 aromatic heterocycles. The third-order valence-corrected chi connectivity index (χ3v) is 2.51. The number of rotatable bonds is 6. The minimum Gasteiger partial charge on any atom is -0.494 e. The summed E-state index contributed by atoms with van der Waals surface area (Å²) in [5.41, 5.74) is 6.93. The Morgan fingerprint density at radius 2 is 1.94 bits per heavy atom. The molecule has 0 aliphatic rings. The molecular weight excluding hydrogens is 200 g/mol. The second-order valence-electron chi connectivity index (χ2n) is 4.11. The van der Waals surface area contributed by atoms with Gasteiger partial charge in [-0.05, 0) is 44.5 Å². The van der Waals surface area contributed by atoms with Gasteiger partial charge in [0.15, 0.2) is 0 Å². The predicted octanol–water partition coefficient (Wildman–Crippen LogP) is 2.26. The second kappa shape index (κ2) is 6.38. The minimum absolute atomic E-state index is 0.255. The highest BCUT2D eigenvalue weighted by Crippen LogP contribution is 2.18. The SMILES string of the molecule is CCOc1ccc(N(C)CCC(C)N)cc1. The van der Waals surface area contributed by atoms with E-state index in [-0.39, 0.29) is 6.04 Å². The van der Waals surface area contributed by atoms with Crippen LogP contribution in [0.1, 0.15) is 20.3 Å². The van der Waals surface area contributed by atoms with Gasteiger partial charge in [0.2, 0.25) is 0 Å². The van der Waals surface area contributed by atoms with Crippen molar-refractivity contribution in [2.75, 3.05) is 25.1 Å². The number of hydrogen-bond donors (Lipinski definition) is 1. The van der Waals surface area contributed by atoms with Gasteiger partial charge >= 0.3 is 0 Å². The average Bonchev–Trinajstić information content (AvgIpc) is 2.27. The first-order valence-corrected chi connectivity index (χ1v) is 5.83. The molecule has 0 aliphatic heterocycles. The first-order valence-electron chi connectivity index (χ1n) is 5.83. The zero-order valence-corrected chi connectivity index (χ0v) is 10.4. The average molecular weight is 222 g/mol. The van der Waals surface area contributed by atoms with Crippen LogP contribution in [0.25, 0.3) is 0 Å². The fourth-order valence-electron chi connectivity index (χ4n) is 1.49. The van der Waals surface area contributed by atoms with Crippen molar-refractivity contribution in [3.8, 4) is 5.75 Å². The van der Waals surface area contributed by atoms with Gasteiger partial charge < -0.3 is 15.4 Å². The first-order chi connectivity index (χ1) is 7.63. The fraction of sp³-hybridized carbons (Fsp3) is 0.538. The molecule has 1 atom stereocenters. The Hall–Kier alpha value is -1.22. The molecule has 1 aromatic carbocycles. The summed E-state index contributed by atoms with van der Waals surface area (Å²) in [7, 11) is 2.08. The zero-order chi connectivity index (χ0) is 12.0. The lowest BCUT2D eigenvalue weighted by Gasteiger charge is -2.20. The molecule has 3 nitrogen and oxygen atoms in total. The molecule has 1 unspecified atom stereocenters. The molecule has 0 radical (unpaired) electrons. The molecule has 0 saturated carbocycles. The maximum atomic E-state index is 5.74. The smallest absolute Gasteiger partial charge is 0.119 e. The number of benzene rings is 1. The normalized spacial score (nSPS) is 12.2. The molecule has 16 heavy (non-hydrogen) atoms. The topological polar surface area (TPSA) is 38.5 Å². The molecule has 0 heterocycles. The van der Waals surface area contributed by atoms with Crippen molar-refractivity contribution >= 4 is 5.69 Å². The lowest BCUT2D eigenvalue weighted by atomic mass is 10.2. The predicted molar refractivity (Wildman–Crippen MR) is 69.1 cm³/mol. The maximum Gasteiger partial charge on any atom is 0.119 e. The van der Waals surface area contributed by atoms with Gasteiger partial charge in [-0.25, -0.2) is 0 Å². The minimum atomic E-state index is 0.255. The number of ether oxygens (including phenoxy) is 1. The Morgan fingerprint density at radius 3 is 2.44 bits per heavy atom. The molecule has 0 saturated heterocycles. The fourth-order valence-corrected chi connectivity index (χ4v) is 1.49. The second-order valence-corrected chi connectivity index (χ2v) is 4.11. The van der Waals surface area contributed by atoms with Crippen molar-refractivity contribution in [1.29, 1.82) is 0 Å². The van der Waals surface area contributed by atoms with Crippen LogP contribution in [0.5, 0.6) is 5.75 Å². The summed E-state index contributed by atoms with van der Waals surface area (Å²) in [5, 5.41) is 0. The molecule has 0 spiro atoms. The summed E-state index contributed by atoms with van der Waals surface area (Å²) < 4.78 is 5.40. The van der Waals surface area contributed by atoms with E-state index >= 15 is 0 Å². The van der Waals surface area contributed by atoms with Crippen LogP contribution in [0, 0.1) is 0 Å². The van der Waals surface area contributed by atoms with Crippen molar-refractivity contribution in [3.63, 3.8) is 0 Å². The van der Waals surface area contributed by atoms with Crippen molar-refractivity contribution in [3.05, 3.63) is 24.3 Å². The third kappa shape index (κ3) is 4.11. The standard InChI is InChI=1S/C13H22N2O/c1-4-16-13-7-5-12(6-8-13)15(3)10-9-11(2)14/h5-8,11H,4,9-10,14H2,1-3H3. The number of hydrogen-bond acceptors (Lipinski definition) is 3. The Labute approximate surface area is 98.2 Å². The van der Waals surface area contributed by atoms with E-state index in [2.05, 4.69) is 24.1 Å². The summed E-state index contributed by atoms with van der Waals surface area (Å²) in [6, 6.07) is 8.41. The van der Waals surface area contributed by atoms with Crippen LogP contribution in [0.4, 0.5) is 5.69 Å². The van der Waals surface area contributed by atoms with Gasteiger partial charge in [0.25, 0.3) is 0 Å². The maximum absolute atomic E-state index is 5.74. The highest BCUT2D eigenvalue weighted by atomic mass is 16.5. The van der Waals surface area contributed by atoms with Crippen LogP contribution in [0.2, 0.25) is 0 Å².